The van der Waals surface area contributed by atoms with E-state index in [2.05, 4.69) is 4.72 Å². The third-order valence-corrected chi connectivity index (χ3v) is 8.71. The van der Waals surface area contributed by atoms with E-state index in [1.807, 2.05) is 13.8 Å². The van der Waals surface area contributed by atoms with Gasteiger partial charge in [0.25, 0.3) is 0 Å². The number of aryl methyl sites for hydroxylation is 1. The van der Waals surface area contributed by atoms with Crippen molar-refractivity contribution in [3.63, 3.8) is 0 Å². The molecule has 0 atom stereocenters. The average molecular weight is 467 g/mol. The SMILES string of the molecule is CCOc1ccc(S(=O)(=O)NCCc2ccc(S(=O)(=O)N3CCCCC3)cc2)cc1C. The molecule has 1 saturated heterocycles. The van der Waals surface area contributed by atoms with Crippen molar-refractivity contribution in [1.82, 2.24) is 9.03 Å². The molecule has 31 heavy (non-hydrogen) atoms. The first-order valence-corrected chi connectivity index (χ1v) is 13.5. The molecule has 7 nitrogen and oxygen atoms in total. The normalized spacial score (nSPS) is 15.7. The molecule has 0 amide bonds. The summed E-state index contributed by atoms with van der Waals surface area (Å²) in [6, 6.07) is 11.5. The molecule has 3 rings (SSSR count). The molecule has 1 fully saturated rings. The molecular formula is C22H30N2O5S2. The molecule has 0 radical (unpaired) electrons. The molecule has 170 valence electrons. The van der Waals surface area contributed by atoms with Crippen LogP contribution in [0.3, 0.4) is 0 Å². The molecule has 0 aliphatic carbocycles. The van der Waals surface area contributed by atoms with E-state index in [0.29, 0.717) is 31.9 Å². The second-order valence-corrected chi connectivity index (χ2v) is 11.3. The lowest BCUT2D eigenvalue weighted by molar-refractivity contribution is 0.337. The number of piperidine rings is 1. The van der Waals surface area contributed by atoms with Crippen molar-refractivity contribution in [2.45, 2.75) is 49.3 Å². The maximum absolute atomic E-state index is 12.7. The minimum atomic E-state index is -3.64. The quantitative estimate of drug-likeness (QED) is 0.613. The Morgan fingerprint density at radius 1 is 0.935 bits per heavy atom. The van der Waals surface area contributed by atoms with Crippen molar-refractivity contribution >= 4 is 20.0 Å². The number of hydrogen-bond acceptors (Lipinski definition) is 5. The van der Waals surface area contributed by atoms with Gasteiger partial charge in [0.15, 0.2) is 0 Å². The number of sulfonamides is 2. The predicted molar refractivity (Wildman–Crippen MR) is 120 cm³/mol. The van der Waals surface area contributed by atoms with Gasteiger partial charge in [-0.3, -0.25) is 0 Å². The van der Waals surface area contributed by atoms with Crippen molar-refractivity contribution in [2.75, 3.05) is 26.2 Å². The van der Waals surface area contributed by atoms with Crippen molar-refractivity contribution in [3.8, 4) is 5.75 Å². The molecule has 0 bridgehead atoms. The minimum Gasteiger partial charge on any atom is -0.494 e. The van der Waals surface area contributed by atoms with Crippen molar-refractivity contribution < 1.29 is 21.6 Å². The summed E-state index contributed by atoms with van der Waals surface area (Å²) in [5.74, 6) is 0.668. The Labute approximate surface area is 185 Å². The smallest absolute Gasteiger partial charge is 0.243 e. The monoisotopic (exact) mass is 466 g/mol. The highest BCUT2D eigenvalue weighted by atomic mass is 32.2. The van der Waals surface area contributed by atoms with Crippen LogP contribution in [0.25, 0.3) is 0 Å². The van der Waals surface area contributed by atoms with Crippen LogP contribution in [0.2, 0.25) is 0 Å². The van der Waals surface area contributed by atoms with Gasteiger partial charge in [0.05, 0.1) is 16.4 Å². The van der Waals surface area contributed by atoms with Crippen molar-refractivity contribution in [1.29, 1.82) is 0 Å². The largest absolute Gasteiger partial charge is 0.494 e. The van der Waals surface area contributed by atoms with Crippen LogP contribution in [0.1, 0.15) is 37.3 Å². The molecule has 0 unspecified atom stereocenters. The lowest BCUT2D eigenvalue weighted by Crippen LogP contribution is -2.35. The van der Waals surface area contributed by atoms with Gasteiger partial charge in [-0.05, 0) is 74.6 Å². The van der Waals surface area contributed by atoms with Gasteiger partial charge in [-0.15, -0.1) is 0 Å². The average Bonchev–Trinajstić information content (AvgIpc) is 2.76. The van der Waals surface area contributed by atoms with Crippen LogP contribution in [0.5, 0.6) is 5.75 Å². The fourth-order valence-electron chi connectivity index (χ4n) is 3.60. The van der Waals surface area contributed by atoms with Crippen LogP contribution in [-0.2, 0) is 26.5 Å². The van der Waals surface area contributed by atoms with E-state index >= 15 is 0 Å². The van der Waals surface area contributed by atoms with Crippen molar-refractivity contribution in [3.05, 3.63) is 53.6 Å². The number of rotatable bonds is 9. The zero-order valence-corrected chi connectivity index (χ0v) is 19.6. The molecule has 1 N–H and O–H groups in total. The van der Waals surface area contributed by atoms with Crippen LogP contribution in [0.4, 0.5) is 0 Å². The number of hydrogen-bond donors (Lipinski definition) is 1. The van der Waals surface area contributed by atoms with Gasteiger partial charge in [-0.1, -0.05) is 18.6 Å². The lowest BCUT2D eigenvalue weighted by atomic mass is 10.2. The van der Waals surface area contributed by atoms with Gasteiger partial charge >= 0.3 is 0 Å². The summed E-state index contributed by atoms with van der Waals surface area (Å²) >= 11 is 0. The van der Waals surface area contributed by atoms with E-state index in [0.717, 1.165) is 30.4 Å². The summed E-state index contributed by atoms with van der Waals surface area (Å²) in [7, 11) is -7.10. The summed E-state index contributed by atoms with van der Waals surface area (Å²) in [6.07, 6.45) is 3.31. The van der Waals surface area contributed by atoms with Crippen LogP contribution >= 0.6 is 0 Å². The lowest BCUT2D eigenvalue weighted by Gasteiger charge is -2.25. The van der Waals surface area contributed by atoms with E-state index in [-0.39, 0.29) is 16.3 Å². The van der Waals surface area contributed by atoms with Gasteiger partial charge in [-0.2, -0.15) is 4.31 Å². The predicted octanol–water partition coefficient (Wildman–Crippen LogP) is 3.09. The van der Waals surface area contributed by atoms with Crippen LogP contribution < -0.4 is 9.46 Å². The topological polar surface area (TPSA) is 92.8 Å². The summed E-state index contributed by atoms with van der Waals surface area (Å²) in [5.41, 5.74) is 1.62. The highest BCUT2D eigenvalue weighted by molar-refractivity contribution is 7.89. The summed E-state index contributed by atoms with van der Waals surface area (Å²) in [5, 5.41) is 0. The van der Waals surface area contributed by atoms with E-state index in [4.69, 9.17) is 4.74 Å². The Bertz CT molecular complexity index is 1090. The Kier molecular flexibility index (Phi) is 7.74. The summed E-state index contributed by atoms with van der Waals surface area (Å²) in [6.45, 7) is 5.55. The number of nitrogens with zero attached hydrogens (tertiary/aromatic N) is 1. The zero-order valence-electron chi connectivity index (χ0n) is 18.0. The molecule has 9 heteroatoms. The highest BCUT2D eigenvalue weighted by Crippen LogP contribution is 2.22. The van der Waals surface area contributed by atoms with Gasteiger partial charge in [0.2, 0.25) is 20.0 Å². The number of nitrogens with one attached hydrogen (secondary N) is 1. The number of benzene rings is 2. The molecule has 0 saturated carbocycles. The second kappa shape index (κ2) is 10.1. The maximum atomic E-state index is 12.7. The Morgan fingerprint density at radius 2 is 1.58 bits per heavy atom. The first kappa shape index (κ1) is 23.7. The van der Waals surface area contributed by atoms with Gasteiger partial charge in [-0.25, -0.2) is 21.6 Å². The van der Waals surface area contributed by atoms with Gasteiger partial charge < -0.3 is 4.74 Å². The Morgan fingerprint density at radius 3 is 2.19 bits per heavy atom. The maximum Gasteiger partial charge on any atom is 0.243 e. The fraction of sp³-hybridized carbons (Fsp3) is 0.455. The fourth-order valence-corrected chi connectivity index (χ4v) is 6.24. The van der Waals surface area contributed by atoms with E-state index in [1.54, 1.807) is 40.7 Å². The highest BCUT2D eigenvalue weighted by Gasteiger charge is 2.25. The molecule has 1 aliphatic rings. The van der Waals surface area contributed by atoms with E-state index < -0.39 is 20.0 Å². The summed E-state index contributed by atoms with van der Waals surface area (Å²) < 4.78 is 60.2. The van der Waals surface area contributed by atoms with Crippen molar-refractivity contribution in [2.24, 2.45) is 0 Å². The molecule has 2 aromatic rings. The van der Waals surface area contributed by atoms with Crippen LogP contribution in [-0.4, -0.2) is 47.4 Å². The van der Waals surface area contributed by atoms with E-state index in [1.165, 1.54) is 6.07 Å². The van der Waals surface area contributed by atoms with Crippen LogP contribution in [0, 0.1) is 6.92 Å². The Hall–Kier alpha value is -1.94. The third-order valence-electron chi connectivity index (χ3n) is 5.34. The molecule has 0 aromatic heterocycles. The third kappa shape index (κ3) is 5.85. The molecule has 2 aromatic carbocycles. The first-order valence-electron chi connectivity index (χ1n) is 10.6. The van der Waals surface area contributed by atoms with Gasteiger partial charge in [0.1, 0.15) is 5.75 Å². The Balaban J connectivity index is 1.59. The molecule has 1 aliphatic heterocycles. The van der Waals surface area contributed by atoms with Gasteiger partial charge in [0, 0.05) is 19.6 Å². The zero-order chi connectivity index (χ0) is 22.5. The standard InChI is InChI=1S/C22H30N2O5S2/c1-3-29-22-12-11-21(17-18(22)2)30(25,26)23-14-13-19-7-9-20(10-8-19)31(27,28)24-15-5-4-6-16-24/h7-12,17,23H,3-6,13-16H2,1-2H3. The first-order chi connectivity index (χ1) is 14.7. The summed E-state index contributed by atoms with van der Waals surface area (Å²) in [4.78, 5) is 0.472. The molecule has 1 heterocycles. The second-order valence-electron chi connectivity index (χ2n) is 7.62. The van der Waals surface area contributed by atoms with Crippen LogP contribution in [0.15, 0.2) is 52.3 Å². The molecule has 0 spiro atoms. The van der Waals surface area contributed by atoms with E-state index in [9.17, 15) is 16.8 Å². The molecular weight excluding hydrogens is 436 g/mol. The number of ether oxygens (including phenoxy) is 1. The minimum absolute atomic E-state index is 0.191.